The first-order valence-electron chi connectivity index (χ1n) is 10.7. The maximum Gasteiger partial charge on any atom is 0.254 e. The van der Waals surface area contributed by atoms with Crippen LogP contribution in [0.5, 0.6) is 0 Å². The number of imidazole rings is 1. The van der Waals surface area contributed by atoms with Crippen LogP contribution in [0.3, 0.4) is 0 Å². The number of rotatable bonds is 5. The Labute approximate surface area is 187 Å². The van der Waals surface area contributed by atoms with Gasteiger partial charge in [0, 0.05) is 24.6 Å². The van der Waals surface area contributed by atoms with Crippen molar-refractivity contribution in [2.24, 2.45) is 10.9 Å². The Hall–Kier alpha value is -3.02. The molecule has 1 aliphatic carbocycles. The molecule has 32 heavy (non-hydrogen) atoms. The van der Waals surface area contributed by atoms with Crippen LogP contribution in [0.2, 0.25) is 0 Å². The number of thiol groups is 1. The van der Waals surface area contributed by atoms with Crippen molar-refractivity contribution in [2.45, 2.75) is 18.3 Å². The van der Waals surface area contributed by atoms with E-state index in [4.69, 9.17) is 9.73 Å². The van der Waals surface area contributed by atoms with Gasteiger partial charge in [-0.3, -0.25) is 8.77 Å². The van der Waals surface area contributed by atoms with Gasteiger partial charge in [0.25, 0.3) is 5.91 Å². The molecule has 1 saturated heterocycles. The average Bonchev–Trinajstić information content (AvgIpc) is 3.23. The minimum absolute atomic E-state index is 0.00149. The third-order valence-corrected chi connectivity index (χ3v) is 8.36. The van der Waals surface area contributed by atoms with Crippen LogP contribution in [-0.2, 0) is 4.74 Å². The molecule has 1 N–H and O–H groups in total. The Balaban J connectivity index is 1.21. The number of aliphatic hydroxyl groups excluding tert-OH is 1. The van der Waals surface area contributed by atoms with Crippen molar-refractivity contribution < 1.29 is 14.6 Å². The van der Waals surface area contributed by atoms with Crippen molar-refractivity contribution in [3.8, 4) is 5.69 Å². The van der Waals surface area contributed by atoms with Crippen LogP contribution in [0.15, 0.2) is 48.0 Å². The SMILES string of the molecule is O=C(c1ccc(-n2cc(C(O)[SH]3C(C4CC4)=Nc4cncn43)nn2)cc1)N1CCOCC1. The van der Waals surface area contributed by atoms with Crippen molar-refractivity contribution >= 4 is 27.8 Å². The highest BCUT2D eigenvalue weighted by Crippen LogP contribution is 2.55. The normalized spacial score (nSPS) is 22.5. The zero-order valence-corrected chi connectivity index (χ0v) is 18.2. The number of aromatic nitrogens is 5. The number of aliphatic imine (C=N–C) groups is 1. The Morgan fingerprint density at radius 1 is 1.19 bits per heavy atom. The number of fused-ring (bicyclic) bond motifs is 1. The summed E-state index contributed by atoms with van der Waals surface area (Å²) in [6.45, 7) is 2.37. The third-order valence-electron chi connectivity index (χ3n) is 5.92. The maximum atomic E-state index is 12.6. The molecule has 6 rings (SSSR count). The second kappa shape index (κ2) is 7.84. The van der Waals surface area contributed by atoms with E-state index in [2.05, 4.69) is 15.3 Å². The molecule has 2 unspecified atom stereocenters. The summed E-state index contributed by atoms with van der Waals surface area (Å²) in [5, 5.41) is 20.7. The molecule has 2 aromatic heterocycles. The van der Waals surface area contributed by atoms with E-state index < -0.39 is 16.5 Å². The molecule has 1 amide bonds. The van der Waals surface area contributed by atoms with Gasteiger partial charge >= 0.3 is 0 Å². The highest BCUT2D eigenvalue weighted by Gasteiger charge is 2.40. The van der Waals surface area contributed by atoms with Crippen LogP contribution in [0.1, 0.15) is 34.3 Å². The number of amides is 1. The molecule has 4 heterocycles. The largest absolute Gasteiger partial charge is 0.378 e. The van der Waals surface area contributed by atoms with Crippen LogP contribution < -0.4 is 0 Å². The van der Waals surface area contributed by atoms with Gasteiger partial charge < -0.3 is 14.7 Å². The summed E-state index contributed by atoms with van der Waals surface area (Å²) in [7, 11) is 0. The van der Waals surface area contributed by atoms with Gasteiger partial charge in [-0.1, -0.05) is 16.3 Å². The molecule has 0 spiro atoms. The summed E-state index contributed by atoms with van der Waals surface area (Å²) in [5.74, 6) is 1.24. The van der Waals surface area contributed by atoms with Gasteiger partial charge in [-0.15, -0.1) is 5.10 Å². The molecule has 0 bridgehead atoms. The molecular weight excluding hydrogens is 430 g/mol. The summed E-state index contributed by atoms with van der Waals surface area (Å²) < 4.78 is 8.91. The third kappa shape index (κ3) is 3.42. The molecule has 1 saturated carbocycles. The first kappa shape index (κ1) is 19.6. The van der Waals surface area contributed by atoms with Gasteiger partial charge in [-0.05, 0) is 37.1 Å². The van der Waals surface area contributed by atoms with Gasteiger partial charge in [0.2, 0.25) is 0 Å². The fourth-order valence-corrected chi connectivity index (χ4v) is 6.42. The number of morpholine rings is 1. The number of nitrogens with zero attached hydrogens (tertiary/aromatic N) is 7. The van der Waals surface area contributed by atoms with Crippen LogP contribution in [0, 0.1) is 5.92 Å². The van der Waals surface area contributed by atoms with Gasteiger partial charge in [-0.2, -0.15) is 0 Å². The molecule has 3 aliphatic rings. The van der Waals surface area contributed by atoms with Crippen LogP contribution in [0.4, 0.5) is 5.82 Å². The molecule has 10 nitrogen and oxygen atoms in total. The zero-order chi connectivity index (χ0) is 21.7. The van der Waals surface area contributed by atoms with E-state index in [9.17, 15) is 9.90 Å². The van der Waals surface area contributed by atoms with E-state index in [1.807, 2.05) is 16.1 Å². The molecule has 2 fully saturated rings. The minimum Gasteiger partial charge on any atom is -0.378 e. The van der Waals surface area contributed by atoms with Crippen molar-refractivity contribution in [3.63, 3.8) is 0 Å². The van der Waals surface area contributed by atoms with Crippen molar-refractivity contribution in [1.82, 2.24) is 28.9 Å². The number of hydrogen-bond donors (Lipinski definition) is 2. The van der Waals surface area contributed by atoms with Gasteiger partial charge in [-0.25, -0.2) is 14.7 Å². The number of ether oxygens (including phenoxy) is 1. The Bertz CT molecular complexity index is 1180. The Morgan fingerprint density at radius 2 is 1.97 bits per heavy atom. The monoisotopic (exact) mass is 453 g/mol. The first-order chi connectivity index (χ1) is 15.7. The summed E-state index contributed by atoms with van der Waals surface area (Å²) in [5.41, 5.74) is 1.09. The highest BCUT2D eigenvalue weighted by atomic mass is 32.2. The molecule has 3 aromatic rings. The lowest BCUT2D eigenvalue weighted by Crippen LogP contribution is -2.40. The molecule has 11 heteroatoms. The second-order valence-corrected chi connectivity index (χ2v) is 10.2. The van der Waals surface area contributed by atoms with E-state index in [1.54, 1.807) is 40.4 Å². The van der Waals surface area contributed by atoms with E-state index >= 15 is 0 Å². The fraction of sp³-hybridized carbons (Fsp3) is 0.381. The average molecular weight is 454 g/mol. The molecule has 1 aromatic carbocycles. The van der Waals surface area contributed by atoms with Gasteiger partial charge in [0.15, 0.2) is 5.82 Å². The van der Waals surface area contributed by atoms with Crippen LogP contribution >= 0.6 is 11.1 Å². The maximum absolute atomic E-state index is 12.6. The summed E-state index contributed by atoms with van der Waals surface area (Å²) in [6.07, 6.45) is 7.44. The number of carbonyl (C=O) groups excluding carboxylic acids is 1. The van der Waals surface area contributed by atoms with Crippen LogP contribution in [0.25, 0.3) is 5.69 Å². The lowest BCUT2D eigenvalue weighted by Gasteiger charge is -2.26. The molecule has 166 valence electrons. The van der Waals surface area contributed by atoms with E-state index in [0.717, 1.165) is 29.4 Å². The van der Waals surface area contributed by atoms with Gasteiger partial charge in [0.1, 0.15) is 17.5 Å². The van der Waals surface area contributed by atoms with Gasteiger partial charge in [0.05, 0.1) is 36.3 Å². The number of carbonyl (C=O) groups is 1. The summed E-state index contributed by atoms with van der Waals surface area (Å²) in [4.78, 5) is 23.3. The van der Waals surface area contributed by atoms with Crippen molar-refractivity contribution in [1.29, 1.82) is 0 Å². The predicted molar refractivity (Wildman–Crippen MR) is 119 cm³/mol. The standard InChI is InChI=1S/C21H23N7O3S/c29-20(26-7-9-31-10-8-26)15-3-5-16(6-4-15)27-12-17(24-25-27)21(30)32-19(14-1-2-14)23-18-11-22-13-28(18)32/h3-6,11-14,21,30,32H,1-2,7-10H2. The summed E-state index contributed by atoms with van der Waals surface area (Å²) >= 11 is -1.10. The quantitative estimate of drug-likeness (QED) is 0.571. The first-order valence-corrected chi connectivity index (χ1v) is 12.0. The number of benzene rings is 1. The lowest BCUT2D eigenvalue weighted by atomic mass is 10.1. The van der Waals surface area contributed by atoms with E-state index in [-0.39, 0.29) is 5.91 Å². The smallest absolute Gasteiger partial charge is 0.254 e. The van der Waals surface area contributed by atoms with Crippen LogP contribution in [-0.4, -0.2) is 71.2 Å². The Morgan fingerprint density at radius 3 is 2.72 bits per heavy atom. The minimum atomic E-state index is -1.10. The van der Waals surface area contributed by atoms with E-state index in [1.165, 1.54) is 0 Å². The molecular formula is C21H23N7O3S. The molecule has 2 aliphatic heterocycles. The van der Waals surface area contributed by atoms with E-state index in [0.29, 0.717) is 43.5 Å². The van der Waals surface area contributed by atoms with Crippen molar-refractivity contribution in [3.05, 3.63) is 54.2 Å². The predicted octanol–water partition coefficient (Wildman–Crippen LogP) is 1.85. The summed E-state index contributed by atoms with van der Waals surface area (Å²) in [6, 6.07) is 7.26. The number of hydrogen-bond acceptors (Lipinski definition) is 7. The second-order valence-electron chi connectivity index (χ2n) is 8.10. The Kier molecular flexibility index (Phi) is 4.81. The molecule has 0 radical (unpaired) electrons. The fourth-order valence-electron chi connectivity index (χ4n) is 4.02. The van der Waals surface area contributed by atoms with Crippen molar-refractivity contribution in [2.75, 3.05) is 26.3 Å². The highest BCUT2D eigenvalue weighted by molar-refractivity contribution is 8.29. The number of aliphatic hydroxyl groups is 1. The lowest BCUT2D eigenvalue weighted by molar-refractivity contribution is 0.0303. The zero-order valence-electron chi connectivity index (χ0n) is 17.3. The topological polar surface area (TPSA) is 111 Å². The molecule has 2 atom stereocenters.